The molecule has 3 rings (SSSR count). The first-order valence-corrected chi connectivity index (χ1v) is 11.1. The summed E-state index contributed by atoms with van der Waals surface area (Å²) in [5, 5.41) is 10.1. The summed E-state index contributed by atoms with van der Waals surface area (Å²) in [5.74, 6) is 0.719. The van der Waals surface area contributed by atoms with Crippen molar-refractivity contribution in [2.75, 3.05) is 18.5 Å². The molecule has 0 amide bonds. The summed E-state index contributed by atoms with van der Waals surface area (Å²) in [7, 11) is 2.13. The van der Waals surface area contributed by atoms with Crippen molar-refractivity contribution in [1.29, 1.82) is 0 Å². The Labute approximate surface area is 188 Å². The monoisotopic (exact) mass is 416 g/mol. The maximum Gasteiger partial charge on any atom is 0.116 e. The Morgan fingerprint density at radius 1 is 1.16 bits per heavy atom. The van der Waals surface area contributed by atoms with Gasteiger partial charge in [-0.3, -0.25) is 4.90 Å². The van der Waals surface area contributed by atoms with E-state index in [4.69, 9.17) is 0 Å². The van der Waals surface area contributed by atoms with Gasteiger partial charge in [-0.2, -0.15) is 0 Å². The largest absolute Gasteiger partial charge is 0.508 e. The van der Waals surface area contributed by atoms with Crippen molar-refractivity contribution in [3.8, 4) is 5.75 Å². The van der Waals surface area contributed by atoms with Crippen molar-refractivity contribution in [2.24, 2.45) is 5.92 Å². The molecular formula is C28H36N2O. The number of phenols is 1. The molecule has 3 nitrogen and oxygen atoms in total. The van der Waals surface area contributed by atoms with Crippen LogP contribution in [-0.2, 0) is 6.54 Å². The molecule has 1 aromatic rings. The molecule has 0 saturated carbocycles. The van der Waals surface area contributed by atoms with E-state index in [2.05, 4.69) is 69.0 Å². The van der Waals surface area contributed by atoms with E-state index in [1.165, 1.54) is 22.4 Å². The number of phenolic OH excluding ortho intramolecular Hbond substituents is 1. The number of benzene rings is 1. The van der Waals surface area contributed by atoms with Gasteiger partial charge in [-0.05, 0) is 82.0 Å². The van der Waals surface area contributed by atoms with Gasteiger partial charge in [0.1, 0.15) is 5.75 Å². The van der Waals surface area contributed by atoms with Gasteiger partial charge in [0.15, 0.2) is 0 Å². The van der Waals surface area contributed by atoms with E-state index in [0.717, 1.165) is 49.3 Å². The first kappa shape index (κ1) is 22.9. The minimum Gasteiger partial charge on any atom is -0.508 e. The fraction of sp³-hybridized carbons (Fsp3) is 0.357. The lowest BCUT2D eigenvalue weighted by Gasteiger charge is -2.36. The minimum atomic E-state index is 0.316. The number of hydrogen-bond acceptors (Lipinski definition) is 3. The van der Waals surface area contributed by atoms with E-state index in [1.807, 2.05) is 18.2 Å². The Kier molecular flexibility index (Phi) is 7.40. The third-order valence-electron chi connectivity index (χ3n) is 6.28. The van der Waals surface area contributed by atoms with E-state index in [9.17, 15) is 5.11 Å². The molecular weight excluding hydrogens is 380 g/mol. The molecule has 1 aliphatic carbocycles. The molecule has 0 bridgehead atoms. The second kappa shape index (κ2) is 10.0. The van der Waals surface area contributed by atoms with Crippen LogP contribution in [0.5, 0.6) is 5.75 Å². The van der Waals surface area contributed by atoms with Gasteiger partial charge >= 0.3 is 0 Å². The predicted octanol–water partition coefficient (Wildman–Crippen LogP) is 6.87. The minimum absolute atomic E-state index is 0.316. The highest BCUT2D eigenvalue weighted by Gasteiger charge is 2.29. The van der Waals surface area contributed by atoms with Crippen molar-refractivity contribution < 1.29 is 5.11 Å². The van der Waals surface area contributed by atoms with Gasteiger partial charge in [0.2, 0.25) is 0 Å². The molecule has 0 fully saturated rings. The van der Waals surface area contributed by atoms with Gasteiger partial charge in [-0.1, -0.05) is 49.1 Å². The standard InChI is InChI=1S/C28H36N2O/c1-7-8-9-10-21(4)23-11-13-24(14-12-23)22(5)30-27-16-15-26(31)17-25(27)18-29(6)19-28(30)20(2)3/h7-11,15-17,24,31H,1,5,12-14,18-19H2,2-4,6H3/b9-8-,21-10+. The Morgan fingerprint density at radius 2 is 1.94 bits per heavy atom. The Hall–Kier alpha value is -2.78. The molecule has 31 heavy (non-hydrogen) atoms. The lowest BCUT2D eigenvalue weighted by atomic mass is 9.84. The van der Waals surface area contributed by atoms with Crippen LogP contribution in [0.4, 0.5) is 5.69 Å². The van der Waals surface area contributed by atoms with Crippen LogP contribution in [-0.4, -0.2) is 23.6 Å². The van der Waals surface area contributed by atoms with Gasteiger partial charge < -0.3 is 10.0 Å². The number of fused-ring (bicyclic) bond motifs is 1. The number of nitrogens with zero attached hydrogens (tertiary/aromatic N) is 2. The summed E-state index contributed by atoms with van der Waals surface area (Å²) >= 11 is 0. The summed E-state index contributed by atoms with van der Waals surface area (Å²) in [6.07, 6.45) is 13.5. The van der Waals surface area contributed by atoms with Crippen LogP contribution in [0.25, 0.3) is 0 Å². The highest BCUT2D eigenvalue weighted by Crippen LogP contribution is 2.40. The molecule has 1 heterocycles. The van der Waals surface area contributed by atoms with E-state index in [-0.39, 0.29) is 0 Å². The van der Waals surface area contributed by atoms with Crippen molar-refractivity contribution in [3.63, 3.8) is 0 Å². The van der Waals surface area contributed by atoms with Crippen LogP contribution in [0.1, 0.15) is 45.6 Å². The molecule has 164 valence electrons. The van der Waals surface area contributed by atoms with E-state index < -0.39 is 0 Å². The summed E-state index contributed by atoms with van der Waals surface area (Å²) < 4.78 is 0. The van der Waals surface area contributed by atoms with Crippen molar-refractivity contribution in [2.45, 2.75) is 46.6 Å². The van der Waals surface area contributed by atoms with Crippen LogP contribution in [0, 0.1) is 5.92 Å². The van der Waals surface area contributed by atoms with Crippen LogP contribution in [0.3, 0.4) is 0 Å². The maximum atomic E-state index is 10.1. The summed E-state index contributed by atoms with van der Waals surface area (Å²) in [6, 6.07) is 5.72. The topological polar surface area (TPSA) is 26.7 Å². The first-order valence-electron chi connectivity index (χ1n) is 11.1. The number of allylic oxidation sites excluding steroid dienone is 9. The zero-order chi connectivity index (χ0) is 22.5. The molecule has 1 atom stereocenters. The smallest absolute Gasteiger partial charge is 0.116 e. The number of rotatable bonds is 5. The molecule has 2 aliphatic rings. The summed E-state index contributed by atoms with van der Waals surface area (Å²) in [4.78, 5) is 4.67. The van der Waals surface area contributed by atoms with Crippen LogP contribution in [0.15, 0.2) is 89.9 Å². The Bertz CT molecular complexity index is 973. The van der Waals surface area contributed by atoms with Crippen LogP contribution < -0.4 is 4.90 Å². The lowest BCUT2D eigenvalue weighted by molar-refractivity contribution is 0.357. The molecule has 0 spiro atoms. The second-order valence-electron chi connectivity index (χ2n) is 8.93. The number of hydrogen-bond donors (Lipinski definition) is 1. The van der Waals surface area contributed by atoms with Gasteiger partial charge in [0.05, 0.1) is 5.69 Å². The normalized spacial score (nSPS) is 20.3. The molecule has 1 N–H and O–H groups in total. The Balaban J connectivity index is 1.91. The average molecular weight is 417 g/mol. The summed E-state index contributed by atoms with van der Waals surface area (Å²) in [6.45, 7) is 16.5. The highest BCUT2D eigenvalue weighted by molar-refractivity contribution is 5.66. The predicted molar refractivity (Wildman–Crippen MR) is 133 cm³/mol. The number of anilines is 1. The van der Waals surface area contributed by atoms with Gasteiger partial charge in [-0.25, -0.2) is 0 Å². The van der Waals surface area contributed by atoms with E-state index in [1.54, 1.807) is 12.1 Å². The third-order valence-corrected chi connectivity index (χ3v) is 6.28. The quantitative estimate of drug-likeness (QED) is 0.531. The highest BCUT2D eigenvalue weighted by atomic mass is 16.3. The molecule has 0 aromatic heterocycles. The molecule has 0 saturated heterocycles. The third kappa shape index (κ3) is 5.29. The molecule has 1 unspecified atom stereocenters. The fourth-order valence-corrected chi connectivity index (χ4v) is 4.51. The fourth-order valence-electron chi connectivity index (χ4n) is 4.51. The van der Waals surface area contributed by atoms with Crippen molar-refractivity contribution >= 4 is 5.69 Å². The zero-order valence-electron chi connectivity index (χ0n) is 19.5. The second-order valence-corrected chi connectivity index (χ2v) is 8.93. The van der Waals surface area contributed by atoms with E-state index >= 15 is 0 Å². The van der Waals surface area contributed by atoms with Gasteiger partial charge in [0.25, 0.3) is 0 Å². The number of aromatic hydroxyl groups is 1. The molecule has 1 aromatic carbocycles. The molecule has 3 heteroatoms. The molecule has 0 radical (unpaired) electrons. The average Bonchev–Trinajstić information content (AvgIpc) is 2.88. The van der Waals surface area contributed by atoms with Crippen molar-refractivity contribution in [3.05, 3.63) is 95.4 Å². The first-order chi connectivity index (χ1) is 14.8. The SMILES string of the molecule is C=C/C=C\C=C(/C)C1=CCC(C(=C)N2C(=C(C)C)CN(C)Cc3cc(O)ccc32)CC1. The maximum absolute atomic E-state index is 10.1. The van der Waals surface area contributed by atoms with Gasteiger partial charge in [0, 0.05) is 30.4 Å². The van der Waals surface area contributed by atoms with Crippen LogP contribution >= 0.6 is 0 Å². The van der Waals surface area contributed by atoms with Gasteiger partial charge in [-0.15, -0.1) is 0 Å². The van der Waals surface area contributed by atoms with Crippen molar-refractivity contribution in [1.82, 2.24) is 4.90 Å². The van der Waals surface area contributed by atoms with E-state index in [0.29, 0.717) is 11.7 Å². The summed E-state index contributed by atoms with van der Waals surface area (Å²) in [5.41, 5.74) is 8.78. The van der Waals surface area contributed by atoms with Crippen LogP contribution in [0.2, 0.25) is 0 Å². The number of likely N-dealkylation sites (N-methyl/N-ethyl adjacent to an activating group) is 1. The zero-order valence-corrected chi connectivity index (χ0v) is 19.5. The molecule has 1 aliphatic heterocycles. The Morgan fingerprint density at radius 3 is 2.58 bits per heavy atom. The lowest BCUT2D eigenvalue weighted by Crippen LogP contribution is -2.31.